The Hall–Kier alpha value is -1.64. The molecule has 0 saturated carbocycles. The van der Waals surface area contributed by atoms with Crippen molar-refractivity contribution in [3.05, 3.63) is 35.8 Å². The molecule has 2 nitrogen and oxygen atoms in total. The highest BCUT2D eigenvalue weighted by Gasteiger charge is 2.15. The monoisotopic (exact) mass is 219 g/mol. The number of nitrogens with one attached hydrogen (secondary N) is 1. The first-order chi connectivity index (χ1) is 7.61. The summed E-state index contributed by atoms with van der Waals surface area (Å²) in [5.74, 6) is -0.203. The molecule has 0 amide bonds. The summed E-state index contributed by atoms with van der Waals surface area (Å²) in [6.45, 7) is 3.87. The molecule has 3 heteroatoms. The van der Waals surface area contributed by atoms with Crippen LogP contribution in [0.5, 0.6) is 0 Å². The van der Waals surface area contributed by atoms with Crippen molar-refractivity contribution in [3.63, 3.8) is 0 Å². The Bertz CT molecular complexity index is 530. The molecule has 1 heterocycles. The van der Waals surface area contributed by atoms with E-state index in [0.29, 0.717) is 5.69 Å². The van der Waals surface area contributed by atoms with Crippen LogP contribution in [-0.4, -0.2) is 10.8 Å². The number of aromatic amines is 1. The summed E-state index contributed by atoms with van der Waals surface area (Å²) in [4.78, 5) is 14.9. The first-order valence-corrected chi connectivity index (χ1v) is 5.44. The summed E-state index contributed by atoms with van der Waals surface area (Å²) in [6.07, 6.45) is 0.808. The average molecular weight is 219 g/mol. The summed E-state index contributed by atoms with van der Waals surface area (Å²) in [7, 11) is 0. The number of benzene rings is 1. The second-order valence-electron chi connectivity index (χ2n) is 4.09. The Morgan fingerprint density at radius 3 is 2.88 bits per heavy atom. The number of ketones is 1. The Morgan fingerprint density at radius 1 is 1.44 bits per heavy atom. The summed E-state index contributed by atoms with van der Waals surface area (Å²) < 4.78 is 13.0. The van der Waals surface area contributed by atoms with Gasteiger partial charge in [0.05, 0.1) is 5.69 Å². The van der Waals surface area contributed by atoms with Crippen LogP contribution >= 0.6 is 0 Å². The van der Waals surface area contributed by atoms with Crippen LogP contribution in [0.15, 0.2) is 24.3 Å². The third-order valence-electron chi connectivity index (χ3n) is 2.91. The van der Waals surface area contributed by atoms with Crippen LogP contribution in [0.2, 0.25) is 0 Å². The molecule has 16 heavy (non-hydrogen) atoms. The van der Waals surface area contributed by atoms with E-state index in [9.17, 15) is 9.18 Å². The first-order valence-electron chi connectivity index (χ1n) is 5.44. The number of hydrogen-bond acceptors (Lipinski definition) is 1. The van der Waals surface area contributed by atoms with Crippen LogP contribution in [0.25, 0.3) is 10.9 Å². The van der Waals surface area contributed by atoms with Crippen molar-refractivity contribution in [3.8, 4) is 0 Å². The molecule has 0 radical (unpaired) electrons. The standard InChI is InChI=1S/C13H14FNO/c1-3-8(2)13(16)12-7-9-6-10(14)4-5-11(9)15-12/h4-8,15H,3H2,1-2H3. The van der Waals surface area contributed by atoms with E-state index in [2.05, 4.69) is 4.98 Å². The van der Waals surface area contributed by atoms with Crippen molar-refractivity contribution in [2.45, 2.75) is 20.3 Å². The van der Waals surface area contributed by atoms with Crippen LogP contribution in [-0.2, 0) is 0 Å². The predicted octanol–water partition coefficient (Wildman–Crippen LogP) is 3.54. The minimum absolute atomic E-state index is 0.00194. The molecule has 0 spiro atoms. The zero-order valence-electron chi connectivity index (χ0n) is 9.38. The molecule has 0 aliphatic rings. The minimum Gasteiger partial charge on any atom is -0.352 e. The Kier molecular flexibility index (Phi) is 2.77. The van der Waals surface area contributed by atoms with Crippen LogP contribution in [0.3, 0.4) is 0 Å². The lowest BCUT2D eigenvalue weighted by molar-refractivity contribution is 0.0923. The maximum Gasteiger partial charge on any atom is 0.181 e. The Balaban J connectivity index is 2.43. The number of fused-ring (bicyclic) bond motifs is 1. The molecule has 1 atom stereocenters. The maximum absolute atomic E-state index is 13.0. The van der Waals surface area contributed by atoms with Gasteiger partial charge in [-0.15, -0.1) is 0 Å². The largest absolute Gasteiger partial charge is 0.352 e. The Labute approximate surface area is 93.5 Å². The summed E-state index contributed by atoms with van der Waals surface area (Å²) in [5, 5.41) is 0.742. The third-order valence-corrected chi connectivity index (χ3v) is 2.91. The second kappa shape index (κ2) is 4.08. The first kappa shape index (κ1) is 10.9. The third kappa shape index (κ3) is 1.85. The van der Waals surface area contributed by atoms with Crippen molar-refractivity contribution in [2.75, 3.05) is 0 Å². The normalized spacial score (nSPS) is 12.9. The van der Waals surface area contributed by atoms with E-state index in [1.165, 1.54) is 12.1 Å². The molecule has 1 unspecified atom stereocenters. The molecule has 1 aromatic heterocycles. The predicted molar refractivity (Wildman–Crippen MR) is 62.0 cm³/mol. The second-order valence-corrected chi connectivity index (χ2v) is 4.09. The highest BCUT2D eigenvalue weighted by atomic mass is 19.1. The fraction of sp³-hybridized carbons (Fsp3) is 0.308. The molecule has 1 N–H and O–H groups in total. The van der Waals surface area contributed by atoms with Crippen molar-refractivity contribution < 1.29 is 9.18 Å². The van der Waals surface area contributed by atoms with Gasteiger partial charge in [-0.2, -0.15) is 0 Å². The van der Waals surface area contributed by atoms with E-state index in [1.54, 1.807) is 12.1 Å². The van der Waals surface area contributed by atoms with Crippen molar-refractivity contribution in [1.29, 1.82) is 0 Å². The lowest BCUT2D eigenvalue weighted by atomic mass is 10.0. The van der Waals surface area contributed by atoms with E-state index in [4.69, 9.17) is 0 Å². The fourth-order valence-corrected chi connectivity index (χ4v) is 1.69. The zero-order chi connectivity index (χ0) is 11.7. The molecule has 84 valence electrons. The summed E-state index contributed by atoms with van der Waals surface area (Å²) in [6, 6.07) is 6.18. The molecular formula is C13H14FNO. The fourth-order valence-electron chi connectivity index (χ4n) is 1.69. The zero-order valence-corrected chi connectivity index (χ0v) is 9.38. The van der Waals surface area contributed by atoms with Gasteiger partial charge in [0, 0.05) is 16.8 Å². The summed E-state index contributed by atoms with van der Waals surface area (Å²) in [5.41, 5.74) is 1.36. The number of carbonyl (C=O) groups is 1. The van der Waals surface area contributed by atoms with E-state index in [0.717, 1.165) is 17.3 Å². The van der Waals surface area contributed by atoms with Gasteiger partial charge < -0.3 is 4.98 Å². The highest BCUT2D eigenvalue weighted by molar-refractivity contribution is 6.00. The van der Waals surface area contributed by atoms with Gasteiger partial charge in [0.2, 0.25) is 0 Å². The van der Waals surface area contributed by atoms with Gasteiger partial charge in [0.1, 0.15) is 5.82 Å². The molecular weight excluding hydrogens is 205 g/mol. The Morgan fingerprint density at radius 2 is 2.19 bits per heavy atom. The quantitative estimate of drug-likeness (QED) is 0.787. The van der Waals surface area contributed by atoms with E-state index < -0.39 is 0 Å². The number of carbonyl (C=O) groups excluding carboxylic acids is 1. The molecule has 0 fully saturated rings. The number of hydrogen-bond donors (Lipinski definition) is 1. The van der Waals surface area contributed by atoms with Gasteiger partial charge in [-0.3, -0.25) is 4.79 Å². The van der Waals surface area contributed by atoms with E-state index in [1.807, 2.05) is 13.8 Å². The number of aromatic nitrogens is 1. The molecule has 1 aromatic carbocycles. The topological polar surface area (TPSA) is 32.9 Å². The van der Waals surface area contributed by atoms with Crippen LogP contribution in [0.4, 0.5) is 4.39 Å². The molecule has 0 aliphatic heterocycles. The molecule has 2 rings (SSSR count). The molecule has 0 bridgehead atoms. The van der Waals surface area contributed by atoms with Gasteiger partial charge in [0.25, 0.3) is 0 Å². The van der Waals surface area contributed by atoms with Crippen molar-refractivity contribution >= 4 is 16.7 Å². The lowest BCUT2D eigenvalue weighted by Gasteiger charge is -2.04. The number of Topliss-reactive ketones (excluding diaryl/α,β-unsaturated/α-hetero) is 1. The van der Waals surface area contributed by atoms with E-state index >= 15 is 0 Å². The van der Waals surface area contributed by atoms with Crippen LogP contribution in [0, 0.1) is 11.7 Å². The number of halogens is 1. The number of rotatable bonds is 3. The van der Waals surface area contributed by atoms with Gasteiger partial charge in [-0.1, -0.05) is 13.8 Å². The van der Waals surface area contributed by atoms with Gasteiger partial charge in [-0.25, -0.2) is 4.39 Å². The molecule has 0 saturated heterocycles. The van der Waals surface area contributed by atoms with E-state index in [-0.39, 0.29) is 17.5 Å². The number of H-pyrrole nitrogens is 1. The van der Waals surface area contributed by atoms with Gasteiger partial charge >= 0.3 is 0 Å². The van der Waals surface area contributed by atoms with Crippen LogP contribution in [0.1, 0.15) is 30.8 Å². The lowest BCUT2D eigenvalue weighted by Crippen LogP contribution is -2.10. The highest BCUT2D eigenvalue weighted by Crippen LogP contribution is 2.19. The molecule has 0 aliphatic carbocycles. The van der Waals surface area contributed by atoms with Crippen LogP contribution < -0.4 is 0 Å². The van der Waals surface area contributed by atoms with Gasteiger partial charge in [0.15, 0.2) is 5.78 Å². The van der Waals surface area contributed by atoms with Crippen molar-refractivity contribution in [1.82, 2.24) is 4.98 Å². The van der Waals surface area contributed by atoms with Crippen molar-refractivity contribution in [2.24, 2.45) is 5.92 Å². The summed E-state index contributed by atoms with van der Waals surface area (Å²) >= 11 is 0. The maximum atomic E-state index is 13.0. The SMILES string of the molecule is CCC(C)C(=O)c1cc2cc(F)ccc2[nH]1. The molecule has 2 aromatic rings. The smallest absolute Gasteiger partial charge is 0.181 e. The minimum atomic E-state index is -0.283. The van der Waals surface area contributed by atoms with Gasteiger partial charge in [-0.05, 0) is 30.7 Å². The average Bonchev–Trinajstić information content (AvgIpc) is 2.69.